The fraction of sp³-hybridized carbons (Fsp3) is 0.200. The van der Waals surface area contributed by atoms with Crippen molar-refractivity contribution < 1.29 is 14.7 Å². The van der Waals surface area contributed by atoms with E-state index in [1.54, 1.807) is 18.2 Å². The summed E-state index contributed by atoms with van der Waals surface area (Å²) in [6.45, 7) is 3.86. The lowest BCUT2D eigenvalue weighted by molar-refractivity contribution is -0.117. The van der Waals surface area contributed by atoms with Crippen LogP contribution in [0, 0.1) is 13.8 Å². The van der Waals surface area contributed by atoms with Crippen LogP contribution in [-0.4, -0.2) is 30.1 Å². The molecule has 0 heterocycles. The Kier molecular flexibility index (Phi) is 6.48. The molecule has 0 radical (unpaired) electrons. The summed E-state index contributed by atoms with van der Waals surface area (Å²) in [6, 6.07) is 14.7. The van der Waals surface area contributed by atoms with Crippen molar-refractivity contribution in [3.05, 3.63) is 76.5 Å². The lowest BCUT2D eigenvalue weighted by atomic mass is 10.1. The van der Waals surface area contributed by atoms with Crippen LogP contribution in [-0.2, 0) is 4.79 Å². The average molecular weight is 338 g/mol. The van der Waals surface area contributed by atoms with E-state index >= 15 is 0 Å². The molecule has 0 saturated carbocycles. The monoisotopic (exact) mass is 338 g/mol. The van der Waals surface area contributed by atoms with Gasteiger partial charge in [0.15, 0.2) is 0 Å². The molecule has 0 spiro atoms. The zero-order chi connectivity index (χ0) is 18.2. The van der Waals surface area contributed by atoms with Gasteiger partial charge in [-0.2, -0.15) is 0 Å². The normalized spacial score (nSPS) is 11.1. The highest BCUT2D eigenvalue weighted by Crippen LogP contribution is 2.09. The number of hydrogen-bond acceptors (Lipinski definition) is 3. The van der Waals surface area contributed by atoms with Crippen molar-refractivity contribution in [1.29, 1.82) is 0 Å². The predicted molar refractivity (Wildman–Crippen MR) is 97.9 cm³/mol. The summed E-state index contributed by atoms with van der Waals surface area (Å²) in [5.74, 6) is -0.812. The molecule has 0 aliphatic rings. The van der Waals surface area contributed by atoms with Gasteiger partial charge >= 0.3 is 0 Å². The molecule has 2 aromatic rings. The van der Waals surface area contributed by atoms with Crippen LogP contribution in [0.15, 0.2) is 54.2 Å². The zero-order valence-electron chi connectivity index (χ0n) is 14.4. The number of rotatable bonds is 6. The second-order valence-corrected chi connectivity index (χ2v) is 5.77. The molecular formula is C20H22N2O3. The van der Waals surface area contributed by atoms with Gasteiger partial charge in [0.2, 0.25) is 0 Å². The number of aliphatic hydroxyl groups excluding tert-OH is 1. The molecule has 5 heteroatoms. The molecule has 0 aromatic heterocycles. The van der Waals surface area contributed by atoms with Crippen LogP contribution in [0.5, 0.6) is 0 Å². The Bertz CT molecular complexity index is 763. The number of aryl methyl sites for hydroxylation is 2. The number of carbonyl (C=O) groups is 2. The number of nitrogens with one attached hydrogen (secondary N) is 2. The third-order valence-corrected chi connectivity index (χ3v) is 3.59. The zero-order valence-corrected chi connectivity index (χ0v) is 14.4. The largest absolute Gasteiger partial charge is 0.395 e. The number of benzene rings is 2. The van der Waals surface area contributed by atoms with E-state index in [9.17, 15) is 9.59 Å². The quantitative estimate of drug-likeness (QED) is 0.707. The van der Waals surface area contributed by atoms with Gasteiger partial charge in [0.25, 0.3) is 11.8 Å². The van der Waals surface area contributed by atoms with E-state index in [2.05, 4.69) is 10.6 Å². The number of carbonyl (C=O) groups excluding carboxylic acids is 2. The first-order chi connectivity index (χ1) is 12.0. The molecular weight excluding hydrogens is 316 g/mol. The van der Waals surface area contributed by atoms with E-state index in [-0.39, 0.29) is 24.8 Å². The first kappa shape index (κ1) is 18.4. The maximum Gasteiger partial charge on any atom is 0.267 e. The van der Waals surface area contributed by atoms with Gasteiger partial charge in [0.1, 0.15) is 5.70 Å². The first-order valence-electron chi connectivity index (χ1n) is 8.05. The topological polar surface area (TPSA) is 78.4 Å². The van der Waals surface area contributed by atoms with Gasteiger partial charge < -0.3 is 15.7 Å². The Morgan fingerprint density at radius 3 is 2.08 bits per heavy atom. The third-order valence-electron chi connectivity index (χ3n) is 3.59. The summed E-state index contributed by atoms with van der Waals surface area (Å²) in [7, 11) is 0. The summed E-state index contributed by atoms with van der Waals surface area (Å²) in [5.41, 5.74) is 3.54. The number of aliphatic hydroxyl groups is 1. The van der Waals surface area contributed by atoms with Crippen LogP contribution in [0.1, 0.15) is 27.0 Å². The summed E-state index contributed by atoms with van der Waals surface area (Å²) >= 11 is 0. The van der Waals surface area contributed by atoms with Gasteiger partial charge in [-0.25, -0.2) is 0 Å². The smallest absolute Gasteiger partial charge is 0.267 e. The Morgan fingerprint density at radius 1 is 0.960 bits per heavy atom. The Morgan fingerprint density at radius 2 is 1.52 bits per heavy atom. The van der Waals surface area contributed by atoms with Crippen molar-refractivity contribution in [2.45, 2.75) is 13.8 Å². The molecule has 0 unspecified atom stereocenters. The van der Waals surface area contributed by atoms with Crippen molar-refractivity contribution in [3.63, 3.8) is 0 Å². The molecule has 5 nitrogen and oxygen atoms in total. The van der Waals surface area contributed by atoms with Gasteiger partial charge in [-0.3, -0.25) is 9.59 Å². The molecule has 2 aromatic carbocycles. The van der Waals surface area contributed by atoms with Crippen LogP contribution in [0.3, 0.4) is 0 Å². The first-order valence-corrected chi connectivity index (χ1v) is 8.05. The highest BCUT2D eigenvalue weighted by molar-refractivity contribution is 6.05. The molecule has 2 amide bonds. The van der Waals surface area contributed by atoms with Crippen LogP contribution in [0.4, 0.5) is 0 Å². The molecule has 0 aliphatic heterocycles. The van der Waals surface area contributed by atoms with E-state index in [0.29, 0.717) is 5.56 Å². The van der Waals surface area contributed by atoms with Gasteiger partial charge in [-0.05, 0) is 37.6 Å². The summed E-state index contributed by atoms with van der Waals surface area (Å²) < 4.78 is 0. The summed E-state index contributed by atoms with van der Waals surface area (Å²) in [4.78, 5) is 24.7. The van der Waals surface area contributed by atoms with E-state index in [4.69, 9.17) is 5.11 Å². The SMILES string of the molecule is Cc1ccc(/C=C(\NC(=O)c2ccc(C)cc2)C(=O)NCCO)cc1. The maximum absolute atomic E-state index is 12.4. The van der Waals surface area contributed by atoms with Crippen molar-refractivity contribution in [3.8, 4) is 0 Å². The highest BCUT2D eigenvalue weighted by Gasteiger charge is 2.14. The second kappa shape index (κ2) is 8.80. The number of amides is 2. The summed E-state index contributed by atoms with van der Waals surface area (Å²) in [5, 5.41) is 14.1. The van der Waals surface area contributed by atoms with Gasteiger partial charge in [-0.15, -0.1) is 0 Å². The fourth-order valence-electron chi connectivity index (χ4n) is 2.15. The lowest BCUT2D eigenvalue weighted by Crippen LogP contribution is -2.36. The standard InChI is InChI=1S/C20H22N2O3/c1-14-3-7-16(8-4-14)13-18(20(25)21-11-12-23)22-19(24)17-9-5-15(2)6-10-17/h3-10,13,23H,11-12H2,1-2H3,(H,21,25)(H,22,24)/b18-13-. The van der Waals surface area contributed by atoms with Crippen molar-refractivity contribution >= 4 is 17.9 Å². The van der Waals surface area contributed by atoms with Crippen molar-refractivity contribution in [2.75, 3.05) is 13.2 Å². The second-order valence-electron chi connectivity index (χ2n) is 5.77. The fourth-order valence-corrected chi connectivity index (χ4v) is 2.15. The molecule has 0 saturated heterocycles. The number of hydrogen-bond donors (Lipinski definition) is 3. The minimum absolute atomic E-state index is 0.116. The summed E-state index contributed by atoms with van der Waals surface area (Å²) in [6.07, 6.45) is 1.61. The minimum Gasteiger partial charge on any atom is -0.395 e. The molecule has 25 heavy (non-hydrogen) atoms. The van der Waals surface area contributed by atoms with Gasteiger partial charge in [-0.1, -0.05) is 47.5 Å². The molecule has 0 atom stereocenters. The van der Waals surface area contributed by atoms with E-state index in [0.717, 1.165) is 16.7 Å². The van der Waals surface area contributed by atoms with Crippen LogP contribution in [0.25, 0.3) is 6.08 Å². The molecule has 0 aliphatic carbocycles. The van der Waals surface area contributed by atoms with Gasteiger partial charge in [0.05, 0.1) is 6.61 Å². The minimum atomic E-state index is -0.449. The van der Waals surface area contributed by atoms with Gasteiger partial charge in [0, 0.05) is 12.1 Å². The molecule has 0 fully saturated rings. The van der Waals surface area contributed by atoms with E-state index < -0.39 is 5.91 Å². The molecule has 130 valence electrons. The maximum atomic E-state index is 12.4. The van der Waals surface area contributed by atoms with Crippen molar-refractivity contribution in [2.24, 2.45) is 0 Å². The molecule has 0 bridgehead atoms. The van der Waals surface area contributed by atoms with E-state index in [1.165, 1.54) is 0 Å². The Labute approximate surface area is 147 Å². The third kappa shape index (κ3) is 5.58. The van der Waals surface area contributed by atoms with Crippen LogP contribution < -0.4 is 10.6 Å². The lowest BCUT2D eigenvalue weighted by Gasteiger charge is -2.11. The molecule has 2 rings (SSSR count). The van der Waals surface area contributed by atoms with E-state index in [1.807, 2.05) is 50.2 Å². The predicted octanol–water partition coefficient (Wildman–Crippen LogP) is 2.18. The highest BCUT2D eigenvalue weighted by atomic mass is 16.3. The van der Waals surface area contributed by atoms with Crippen molar-refractivity contribution in [1.82, 2.24) is 10.6 Å². The molecule has 3 N–H and O–H groups in total. The van der Waals surface area contributed by atoms with Crippen LogP contribution >= 0.6 is 0 Å². The average Bonchev–Trinajstić information content (AvgIpc) is 2.61. The Hall–Kier alpha value is -2.92. The van der Waals surface area contributed by atoms with Crippen LogP contribution in [0.2, 0.25) is 0 Å². The Balaban J connectivity index is 2.24.